The predicted octanol–water partition coefficient (Wildman–Crippen LogP) is 6.37. The third-order valence-corrected chi connectivity index (χ3v) is 6.97. The van der Waals surface area contributed by atoms with E-state index in [0.29, 0.717) is 27.9 Å². The smallest absolute Gasteiger partial charge is 0.220 e. The van der Waals surface area contributed by atoms with Gasteiger partial charge in [-0.25, -0.2) is 4.39 Å². The molecule has 0 aliphatic heterocycles. The lowest BCUT2D eigenvalue weighted by atomic mass is 10.1. The first kappa shape index (κ1) is 26.4. The highest BCUT2D eigenvalue weighted by Gasteiger charge is 2.26. The maximum atomic E-state index is 13.5. The number of hydrogen-bond acceptors (Lipinski definition) is 7. The SMILES string of the molecule is COc1cc([C@H](C[N+](=O)[O-])Sc2nnc(C)n2-c2cccc(C)c2)cc(Cl)c1OCc1cccc(F)c1. The van der Waals surface area contributed by atoms with Gasteiger partial charge in [0.15, 0.2) is 16.7 Å². The quantitative estimate of drug-likeness (QED) is 0.130. The fourth-order valence-corrected chi connectivity index (χ4v) is 5.23. The van der Waals surface area contributed by atoms with Crippen molar-refractivity contribution in [2.45, 2.75) is 30.9 Å². The highest BCUT2D eigenvalue weighted by Crippen LogP contribution is 2.43. The summed E-state index contributed by atoms with van der Waals surface area (Å²) in [4.78, 5) is 11.2. The standard InChI is InChI=1S/C26H24ClFN4O4S/c1-16-6-4-9-21(10-16)32-17(2)29-30-26(32)37-24(14-31(33)34)19-12-22(27)25(23(13-19)35-3)36-15-18-7-5-8-20(28)11-18/h4-13,24H,14-15H2,1-3H3/t24-/m0/s1. The minimum absolute atomic E-state index is 0.0686. The van der Waals surface area contributed by atoms with Gasteiger partial charge in [0.05, 0.1) is 12.1 Å². The summed E-state index contributed by atoms with van der Waals surface area (Å²) in [5.41, 5.74) is 3.11. The van der Waals surface area contributed by atoms with Gasteiger partial charge in [0.2, 0.25) is 6.54 Å². The maximum absolute atomic E-state index is 13.5. The van der Waals surface area contributed by atoms with Gasteiger partial charge in [-0.3, -0.25) is 14.7 Å². The van der Waals surface area contributed by atoms with Crippen molar-refractivity contribution in [2.75, 3.05) is 13.7 Å². The Labute approximate surface area is 222 Å². The molecule has 4 aromatic rings. The van der Waals surface area contributed by atoms with Crippen molar-refractivity contribution in [2.24, 2.45) is 0 Å². The molecule has 0 radical (unpaired) electrons. The first-order valence-electron chi connectivity index (χ1n) is 11.3. The number of hydrogen-bond donors (Lipinski definition) is 0. The van der Waals surface area contributed by atoms with Crippen molar-refractivity contribution in [1.82, 2.24) is 14.8 Å². The fourth-order valence-electron chi connectivity index (χ4n) is 3.80. The van der Waals surface area contributed by atoms with Crippen LogP contribution in [0.15, 0.2) is 65.8 Å². The van der Waals surface area contributed by atoms with Gasteiger partial charge in [-0.05, 0) is 66.9 Å². The molecule has 0 aliphatic carbocycles. The average molecular weight is 543 g/mol. The van der Waals surface area contributed by atoms with Gasteiger partial charge in [0.25, 0.3) is 0 Å². The minimum Gasteiger partial charge on any atom is -0.493 e. The number of methoxy groups -OCH3 is 1. The zero-order valence-corrected chi connectivity index (χ0v) is 21.9. The van der Waals surface area contributed by atoms with Crippen LogP contribution >= 0.6 is 23.4 Å². The lowest BCUT2D eigenvalue weighted by Gasteiger charge is -2.18. The average Bonchev–Trinajstić information content (AvgIpc) is 3.22. The van der Waals surface area contributed by atoms with Gasteiger partial charge >= 0.3 is 0 Å². The summed E-state index contributed by atoms with van der Waals surface area (Å²) in [5.74, 6) is 0.859. The van der Waals surface area contributed by atoms with E-state index in [-0.39, 0.29) is 34.7 Å². The van der Waals surface area contributed by atoms with Gasteiger partial charge in [0, 0.05) is 10.6 Å². The van der Waals surface area contributed by atoms with Crippen molar-refractivity contribution in [3.05, 3.63) is 104 Å². The van der Waals surface area contributed by atoms with Crippen LogP contribution in [0.1, 0.15) is 27.8 Å². The highest BCUT2D eigenvalue weighted by molar-refractivity contribution is 7.99. The largest absolute Gasteiger partial charge is 0.493 e. The third-order valence-electron chi connectivity index (χ3n) is 5.51. The number of nitrogens with zero attached hydrogens (tertiary/aromatic N) is 4. The van der Waals surface area contributed by atoms with Gasteiger partial charge in [-0.15, -0.1) is 10.2 Å². The Morgan fingerprint density at radius 1 is 1.14 bits per heavy atom. The molecule has 0 saturated heterocycles. The maximum Gasteiger partial charge on any atom is 0.220 e. The lowest BCUT2D eigenvalue weighted by molar-refractivity contribution is -0.479. The zero-order chi connectivity index (χ0) is 26.5. The van der Waals surface area contributed by atoms with Crippen molar-refractivity contribution >= 4 is 23.4 Å². The number of aryl methyl sites for hydroxylation is 2. The summed E-state index contributed by atoms with van der Waals surface area (Å²) >= 11 is 7.77. The Kier molecular flexibility index (Phi) is 8.30. The molecule has 3 aromatic carbocycles. The second-order valence-corrected chi connectivity index (χ2v) is 9.86. The summed E-state index contributed by atoms with van der Waals surface area (Å²) in [7, 11) is 1.46. The molecule has 0 N–H and O–H groups in total. The Bertz CT molecular complexity index is 1430. The summed E-state index contributed by atoms with van der Waals surface area (Å²) in [6.45, 7) is 3.50. The first-order chi connectivity index (χ1) is 17.7. The molecule has 0 saturated carbocycles. The number of nitro groups is 1. The van der Waals surface area contributed by atoms with E-state index in [0.717, 1.165) is 11.3 Å². The van der Waals surface area contributed by atoms with Crippen LogP contribution in [0.5, 0.6) is 11.5 Å². The predicted molar refractivity (Wildman–Crippen MR) is 140 cm³/mol. The van der Waals surface area contributed by atoms with Crippen LogP contribution in [0.2, 0.25) is 5.02 Å². The molecule has 4 rings (SSSR count). The topological polar surface area (TPSA) is 92.3 Å². The monoisotopic (exact) mass is 542 g/mol. The Morgan fingerprint density at radius 2 is 1.92 bits per heavy atom. The van der Waals surface area contributed by atoms with E-state index in [2.05, 4.69) is 10.2 Å². The van der Waals surface area contributed by atoms with Crippen LogP contribution in [-0.4, -0.2) is 33.3 Å². The molecule has 0 aliphatic rings. The second-order valence-electron chi connectivity index (χ2n) is 8.28. The Hall–Kier alpha value is -3.63. The number of halogens is 2. The molecule has 0 amide bonds. The van der Waals surface area contributed by atoms with Crippen LogP contribution in [0.3, 0.4) is 0 Å². The summed E-state index contributed by atoms with van der Waals surface area (Å²) in [6, 6.07) is 17.2. The van der Waals surface area contributed by atoms with Gasteiger partial charge in [-0.2, -0.15) is 0 Å². The highest BCUT2D eigenvalue weighted by atomic mass is 35.5. The normalized spacial score (nSPS) is 11.8. The molecule has 1 atom stereocenters. The summed E-state index contributed by atoms with van der Waals surface area (Å²) in [6.07, 6.45) is 0. The zero-order valence-electron chi connectivity index (χ0n) is 20.4. The number of rotatable bonds is 10. The van der Waals surface area contributed by atoms with Crippen molar-refractivity contribution in [3.8, 4) is 17.2 Å². The molecule has 0 fully saturated rings. The van der Waals surface area contributed by atoms with Crippen molar-refractivity contribution in [1.29, 1.82) is 0 Å². The van der Waals surface area contributed by atoms with E-state index in [9.17, 15) is 14.5 Å². The van der Waals surface area contributed by atoms with Gasteiger partial charge in [0.1, 0.15) is 23.5 Å². The molecule has 8 nitrogen and oxygen atoms in total. The third kappa shape index (κ3) is 6.39. The van der Waals surface area contributed by atoms with Crippen LogP contribution in [-0.2, 0) is 6.61 Å². The number of benzene rings is 3. The van der Waals surface area contributed by atoms with E-state index in [1.165, 1.54) is 31.0 Å². The fraction of sp³-hybridized carbons (Fsp3) is 0.231. The molecule has 0 spiro atoms. The van der Waals surface area contributed by atoms with E-state index >= 15 is 0 Å². The number of thioether (sulfide) groups is 1. The molecule has 11 heteroatoms. The molecule has 0 unspecified atom stereocenters. The van der Waals surface area contributed by atoms with Crippen LogP contribution in [0, 0.1) is 29.8 Å². The Morgan fingerprint density at radius 3 is 2.62 bits per heavy atom. The molecule has 192 valence electrons. The van der Waals surface area contributed by atoms with Crippen LogP contribution in [0.4, 0.5) is 4.39 Å². The van der Waals surface area contributed by atoms with E-state index in [1.54, 1.807) is 24.3 Å². The van der Waals surface area contributed by atoms with E-state index in [1.807, 2.05) is 42.7 Å². The minimum atomic E-state index is -0.647. The van der Waals surface area contributed by atoms with Gasteiger partial charge < -0.3 is 9.47 Å². The summed E-state index contributed by atoms with van der Waals surface area (Å²) in [5, 5.41) is 20.2. The second kappa shape index (κ2) is 11.6. The molecule has 1 heterocycles. The van der Waals surface area contributed by atoms with Crippen LogP contribution in [0.25, 0.3) is 5.69 Å². The van der Waals surface area contributed by atoms with E-state index in [4.69, 9.17) is 21.1 Å². The Balaban J connectivity index is 1.66. The lowest BCUT2D eigenvalue weighted by Crippen LogP contribution is -2.12. The van der Waals surface area contributed by atoms with Crippen molar-refractivity contribution in [3.63, 3.8) is 0 Å². The number of aromatic nitrogens is 3. The number of ether oxygens (including phenoxy) is 2. The van der Waals surface area contributed by atoms with Crippen LogP contribution < -0.4 is 9.47 Å². The molecular formula is C26H24ClFN4O4S. The summed E-state index contributed by atoms with van der Waals surface area (Å²) < 4.78 is 26.7. The van der Waals surface area contributed by atoms with E-state index < -0.39 is 5.25 Å². The first-order valence-corrected chi connectivity index (χ1v) is 12.5. The van der Waals surface area contributed by atoms with Crippen molar-refractivity contribution < 1.29 is 18.8 Å². The molecule has 1 aromatic heterocycles. The molecule has 0 bridgehead atoms. The van der Waals surface area contributed by atoms with Gasteiger partial charge in [-0.1, -0.05) is 47.6 Å². The molecular weight excluding hydrogens is 519 g/mol. The molecule has 37 heavy (non-hydrogen) atoms.